The Labute approximate surface area is 82.4 Å². The van der Waals surface area contributed by atoms with E-state index in [1.54, 1.807) is 0 Å². The summed E-state index contributed by atoms with van der Waals surface area (Å²) in [5.74, 6) is -4.33. The van der Waals surface area contributed by atoms with Crippen molar-refractivity contribution in [3.05, 3.63) is 0 Å². The van der Waals surface area contributed by atoms with Gasteiger partial charge in [-0.3, -0.25) is 9.59 Å². The number of alkyl halides is 3. The minimum absolute atomic E-state index is 0. The van der Waals surface area contributed by atoms with Gasteiger partial charge in [-0.15, -0.1) is 0 Å². The molecule has 0 amide bonds. The van der Waals surface area contributed by atoms with Crippen molar-refractivity contribution in [1.82, 2.24) is 0 Å². The van der Waals surface area contributed by atoms with Gasteiger partial charge >= 0.3 is 6.18 Å². The normalized spacial score (nSPS) is 13.1. The third-order valence-electron chi connectivity index (χ3n) is 1.28. The van der Waals surface area contributed by atoms with Crippen LogP contribution >= 0.6 is 0 Å². The van der Waals surface area contributed by atoms with Gasteiger partial charge in [-0.1, -0.05) is 0 Å². The number of hydrogen-bond donors (Lipinski definition) is 0. The van der Waals surface area contributed by atoms with Crippen LogP contribution in [0.3, 0.4) is 0 Å². The van der Waals surface area contributed by atoms with Crippen LogP contribution in [0.25, 0.3) is 0 Å². The summed E-state index contributed by atoms with van der Waals surface area (Å²) in [6.07, 6.45) is -4.90. The number of carbonyl (C=O) groups excluding carboxylic acids is 2. The molecule has 0 aromatic carbocycles. The fraction of sp³-hybridized carbons (Fsp3) is 0.667. The van der Waals surface area contributed by atoms with E-state index >= 15 is 0 Å². The van der Waals surface area contributed by atoms with Crippen molar-refractivity contribution in [3.63, 3.8) is 0 Å². The van der Waals surface area contributed by atoms with E-state index in [0.29, 0.717) is 0 Å². The summed E-state index contributed by atoms with van der Waals surface area (Å²) in [5.41, 5.74) is 0. The second-order valence-corrected chi connectivity index (χ2v) is 2.19. The Kier molecular flexibility index (Phi) is 5.71. The maximum atomic E-state index is 11.6. The van der Waals surface area contributed by atoms with Crippen molar-refractivity contribution in [2.45, 2.75) is 20.0 Å². The second kappa shape index (κ2) is 4.77. The summed E-state index contributed by atoms with van der Waals surface area (Å²) in [7, 11) is 0. The molecule has 0 saturated heterocycles. The molecule has 0 spiro atoms. The van der Waals surface area contributed by atoms with Gasteiger partial charge in [0.25, 0.3) is 0 Å². The monoisotopic (exact) mass is 216 g/mol. The Balaban J connectivity index is 0. The van der Waals surface area contributed by atoms with E-state index in [0.717, 1.165) is 13.8 Å². The molecule has 0 aliphatic rings. The van der Waals surface area contributed by atoms with E-state index in [4.69, 9.17) is 0 Å². The third-order valence-corrected chi connectivity index (χ3v) is 1.28. The summed E-state index contributed by atoms with van der Waals surface area (Å²) in [4.78, 5) is 20.6. The van der Waals surface area contributed by atoms with Gasteiger partial charge in [0.2, 0.25) is 5.78 Å². The summed E-state index contributed by atoms with van der Waals surface area (Å²) in [5, 5.41) is 0. The predicted octanol–water partition coefficient (Wildman–Crippen LogP) is 1.34. The van der Waals surface area contributed by atoms with Gasteiger partial charge in [-0.2, -0.15) is 13.2 Å². The molecule has 0 aliphatic carbocycles. The van der Waals surface area contributed by atoms with Gasteiger partial charge in [0.1, 0.15) is 5.78 Å². The zero-order valence-electron chi connectivity index (χ0n) is 6.53. The molecule has 0 radical (unpaired) electrons. The molecule has 0 fully saturated rings. The molecule has 0 aliphatic heterocycles. The van der Waals surface area contributed by atoms with Crippen LogP contribution in [0, 0.1) is 5.92 Å². The summed E-state index contributed by atoms with van der Waals surface area (Å²) < 4.78 is 34.7. The van der Waals surface area contributed by atoms with Crippen molar-refractivity contribution >= 4 is 11.6 Å². The number of rotatable bonds is 2. The first kappa shape index (κ1) is 14.4. The maximum absolute atomic E-state index is 11.6. The van der Waals surface area contributed by atoms with E-state index < -0.39 is 23.7 Å². The average molecular weight is 216 g/mol. The summed E-state index contributed by atoms with van der Waals surface area (Å²) >= 11 is 0. The zero-order valence-corrected chi connectivity index (χ0v) is 8.09. The van der Waals surface area contributed by atoms with Crippen molar-refractivity contribution in [1.29, 1.82) is 0 Å². The van der Waals surface area contributed by atoms with Crippen molar-refractivity contribution in [3.8, 4) is 0 Å². The Hall–Kier alpha value is -0.156. The number of ketones is 2. The second-order valence-electron chi connectivity index (χ2n) is 2.19. The minimum Gasteiger partial charge on any atom is -0.299 e. The quantitative estimate of drug-likeness (QED) is 0.515. The van der Waals surface area contributed by atoms with Crippen LogP contribution in [0.2, 0.25) is 0 Å². The number of Topliss-reactive ketones (excluding diaryl/α,β-unsaturated/α-hetero) is 2. The molecule has 0 bridgehead atoms. The van der Waals surface area contributed by atoms with E-state index in [1.807, 2.05) is 0 Å². The average Bonchev–Trinajstić information content (AvgIpc) is 1.82. The third kappa shape index (κ3) is 4.02. The minimum atomic E-state index is -4.90. The fourth-order valence-electron chi connectivity index (χ4n) is 0.430. The molecule has 0 aromatic heterocycles. The van der Waals surface area contributed by atoms with Gasteiger partial charge in [0.15, 0.2) is 0 Å². The van der Waals surface area contributed by atoms with Crippen molar-refractivity contribution < 1.29 is 44.5 Å². The smallest absolute Gasteiger partial charge is 0.299 e. The molecule has 1 atom stereocenters. The molecule has 12 heavy (non-hydrogen) atoms. The van der Waals surface area contributed by atoms with Crippen LogP contribution in [0.5, 0.6) is 0 Å². The molecule has 0 saturated carbocycles. The van der Waals surface area contributed by atoms with Gasteiger partial charge < -0.3 is 0 Å². The topological polar surface area (TPSA) is 34.1 Å². The van der Waals surface area contributed by atoms with E-state index in [-0.39, 0.29) is 21.7 Å². The van der Waals surface area contributed by atoms with E-state index in [9.17, 15) is 22.8 Å². The molecule has 2 nitrogen and oxygen atoms in total. The van der Waals surface area contributed by atoms with Crippen LogP contribution in [0.15, 0.2) is 0 Å². The van der Waals surface area contributed by atoms with Crippen molar-refractivity contribution in [2.24, 2.45) is 5.92 Å². The Bertz CT molecular complexity index is 188. The Morgan fingerprint density at radius 2 is 1.58 bits per heavy atom. The number of halogens is 3. The molecule has 68 valence electrons. The first-order chi connectivity index (χ1) is 4.76. The molecular formula is C6H7F3O2Ti. The van der Waals surface area contributed by atoms with Crippen LogP contribution in [0.4, 0.5) is 13.2 Å². The molecular weight excluding hydrogens is 209 g/mol. The summed E-state index contributed by atoms with van der Waals surface area (Å²) in [6.45, 7) is 1.90. The largest absolute Gasteiger partial charge is 0.450 e. The van der Waals surface area contributed by atoms with Crippen LogP contribution < -0.4 is 0 Å². The Morgan fingerprint density at radius 1 is 1.25 bits per heavy atom. The van der Waals surface area contributed by atoms with E-state index in [1.165, 1.54) is 0 Å². The molecule has 0 aromatic rings. The molecule has 1 unspecified atom stereocenters. The SMILES string of the molecule is CC(=O)C(C)C(=O)C(F)(F)F.[Ti]. The van der Waals surface area contributed by atoms with Crippen LogP contribution in [-0.2, 0) is 31.3 Å². The zero-order chi connectivity index (χ0) is 9.23. The number of hydrogen-bond acceptors (Lipinski definition) is 2. The van der Waals surface area contributed by atoms with Gasteiger partial charge in [-0.25, -0.2) is 0 Å². The summed E-state index contributed by atoms with van der Waals surface area (Å²) in [6, 6.07) is 0. The standard InChI is InChI=1S/C6H7F3O2.Ti/c1-3(4(2)10)5(11)6(7,8)9;/h3H,1-2H3;. The molecule has 0 heterocycles. The number of carbonyl (C=O) groups is 2. The van der Waals surface area contributed by atoms with Crippen LogP contribution in [0.1, 0.15) is 13.8 Å². The molecule has 0 N–H and O–H groups in total. The van der Waals surface area contributed by atoms with Crippen LogP contribution in [-0.4, -0.2) is 17.7 Å². The molecule has 0 rings (SSSR count). The maximum Gasteiger partial charge on any atom is 0.450 e. The Morgan fingerprint density at radius 3 is 1.67 bits per heavy atom. The first-order valence-electron chi connectivity index (χ1n) is 2.88. The van der Waals surface area contributed by atoms with E-state index in [2.05, 4.69) is 0 Å². The predicted molar refractivity (Wildman–Crippen MR) is 30.9 cm³/mol. The fourth-order valence-corrected chi connectivity index (χ4v) is 0.430. The van der Waals surface area contributed by atoms with Crippen molar-refractivity contribution in [2.75, 3.05) is 0 Å². The van der Waals surface area contributed by atoms with Gasteiger partial charge in [0.05, 0.1) is 5.92 Å². The van der Waals surface area contributed by atoms with Gasteiger partial charge in [-0.05, 0) is 13.8 Å². The molecule has 6 heteroatoms. The first-order valence-corrected chi connectivity index (χ1v) is 2.88. The van der Waals surface area contributed by atoms with Gasteiger partial charge in [0, 0.05) is 21.7 Å².